The van der Waals surface area contributed by atoms with Crippen LogP contribution in [-0.4, -0.2) is 35.5 Å². The average molecular weight is 164 g/mol. The second kappa shape index (κ2) is 4.81. The van der Waals surface area contributed by atoms with Crippen molar-refractivity contribution in [1.82, 2.24) is 0 Å². The van der Waals surface area contributed by atoms with Crippen LogP contribution in [0.4, 0.5) is 4.39 Å². The molecular formula is C6H9FO4. The molecule has 0 aromatic rings. The third-order valence-corrected chi connectivity index (χ3v) is 0.839. The smallest absolute Gasteiger partial charge is 0.366 e. The summed E-state index contributed by atoms with van der Waals surface area (Å²) in [6.07, 6.45) is -1.17. The summed E-state index contributed by atoms with van der Waals surface area (Å²) in [5.74, 6) is -2.45. The Morgan fingerprint density at radius 3 is 2.64 bits per heavy atom. The molecule has 0 rings (SSSR count). The summed E-state index contributed by atoms with van der Waals surface area (Å²) >= 11 is 0. The normalized spacial score (nSPS) is 12.3. The Morgan fingerprint density at radius 2 is 2.27 bits per heavy atom. The monoisotopic (exact) mass is 164 g/mol. The van der Waals surface area contributed by atoms with Crippen molar-refractivity contribution in [2.24, 2.45) is 0 Å². The van der Waals surface area contributed by atoms with Crippen LogP contribution >= 0.6 is 0 Å². The number of carbonyl (C=O) groups excluding carboxylic acids is 1. The third-order valence-electron chi connectivity index (χ3n) is 0.839. The lowest BCUT2D eigenvalue weighted by Gasteiger charge is -2.06. The van der Waals surface area contributed by atoms with Crippen molar-refractivity contribution >= 4 is 5.97 Å². The number of hydrogen-bond acceptors (Lipinski definition) is 4. The van der Waals surface area contributed by atoms with E-state index in [9.17, 15) is 9.18 Å². The van der Waals surface area contributed by atoms with Crippen LogP contribution in [-0.2, 0) is 9.53 Å². The fourth-order valence-corrected chi connectivity index (χ4v) is 0.303. The van der Waals surface area contributed by atoms with Gasteiger partial charge in [-0.2, -0.15) is 4.39 Å². The molecule has 0 aliphatic carbocycles. The zero-order valence-corrected chi connectivity index (χ0v) is 5.79. The Hall–Kier alpha value is -0.940. The predicted octanol–water partition coefficient (Wildman–Crippen LogP) is -0.634. The lowest BCUT2D eigenvalue weighted by molar-refractivity contribution is -0.144. The topological polar surface area (TPSA) is 66.8 Å². The minimum Gasteiger partial charge on any atom is -0.458 e. The summed E-state index contributed by atoms with van der Waals surface area (Å²) in [4.78, 5) is 10.3. The lowest BCUT2D eigenvalue weighted by atomic mass is 10.4. The quantitative estimate of drug-likeness (QED) is 0.428. The average Bonchev–Trinajstić information content (AvgIpc) is 1.99. The maximum Gasteiger partial charge on any atom is 0.366 e. The van der Waals surface area contributed by atoms with Crippen molar-refractivity contribution in [3.05, 3.63) is 12.4 Å². The Bertz CT molecular complexity index is 157. The van der Waals surface area contributed by atoms with Gasteiger partial charge in [0.2, 0.25) is 5.83 Å². The van der Waals surface area contributed by atoms with Crippen LogP contribution in [0.5, 0.6) is 0 Å². The van der Waals surface area contributed by atoms with Gasteiger partial charge in [-0.15, -0.1) is 0 Å². The van der Waals surface area contributed by atoms with Gasteiger partial charge < -0.3 is 14.9 Å². The van der Waals surface area contributed by atoms with Gasteiger partial charge in [0.25, 0.3) is 0 Å². The number of carbonyl (C=O) groups is 1. The van der Waals surface area contributed by atoms with Crippen LogP contribution in [0.3, 0.4) is 0 Å². The van der Waals surface area contributed by atoms with Gasteiger partial charge in [-0.3, -0.25) is 0 Å². The molecule has 4 nitrogen and oxygen atoms in total. The highest BCUT2D eigenvalue weighted by Gasteiger charge is 2.09. The summed E-state index contributed by atoms with van der Waals surface area (Å²) in [6, 6.07) is 0. The lowest BCUT2D eigenvalue weighted by Crippen LogP contribution is -2.21. The van der Waals surface area contributed by atoms with Gasteiger partial charge in [-0.25, -0.2) is 4.79 Å². The highest BCUT2D eigenvalue weighted by atomic mass is 19.1. The van der Waals surface area contributed by atoms with Gasteiger partial charge >= 0.3 is 5.97 Å². The third kappa shape index (κ3) is 4.46. The fraction of sp³-hybridized carbons (Fsp3) is 0.500. The molecule has 0 heterocycles. The minimum atomic E-state index is -1.23. The van der Waals surface area contributed by atoms with Crippen LogP contribution < -0.4 is 0 Å². The highest BCUT2D eigenvalue weighted by molar-refractivity contribution is 5.85. The second-order valence-electron chi connectivity index (χ2n) is 1.84. The van der Waals surface area contributed by atoms with E-state index in [0.717, 1.165) is 0 Å². The molecular weight excluding hydrogens is 155 g/mol. The maximum atomic E-state index is 11.8. The van der Waals surface area contributed by atoms with Crippen LogP contribution in [0.25, 0.3) is 0 Å². The van der Waals surface area contributed by atoms with Crippen molar-refractivity contribution in [3.8, 4) is 0 Å². The van der Waals surface area contributed by atoms with Gasteiger partial charge in [0.15, 0.2) is 0 Å². The summed E-state index contributed by atoms with van der Waals surface area (Å²) in [6.45, 7) is 1.71. The van der Waals surface area contributed by atoms with Gasteiger partial charge in [0, 0.05) is 0 Å². The first-order valence-corrected chi connectivity index (χ1v) is 2.88. The van der Waals surface area contributed by atoms with E-state index >= 15 is 0 Å². The zero-order valence-electron chi connectivity index (χ0n) is 5.79. The Labute approximate surface area is 62.9 Å². The highest BCUT2D eigenvalue weighted by Crippen LogP contribution is 1.95. The molecule has 0 saturated carbocycles. The molecule has 0 spiro atoms. The van der Waals surface area contributed by atoms with Crippen molar-refractivity contribution < 1.29 is 24.1 Å². The molecule has 0 bridgehead atoms. The summed E-state index contributed by atoms with van der Waals surface area (Å²) in [5.41, 5.74) is 0. The molecule has 2 N–H and O–H groups in total. The van der Waals surface area contributed by atoms with E-state index in [1.54, 1.807) is 0 Å². The Balaban J connectivity index is 3.54. The molecule has 0 aliphatic rings. The van der Waals surface area contributed by atoms with E-state index in [1.165, 1.54) is 0 Å². The number of hydrogen-bond donors (Lipinski definition) is 2. The Morgan fingerprint density at radius 1 is 1.73 bits per heavy atom. The van der Waals surface area contributed by atoms with E-state index in [1.807, 2.05) is 0 Å². The van der Waals surface area contributed by atoms with Crippen molar-refractivity contribution in [2.45, 2.75) is 6.10 Å². The van der Waals surface area contributed by atoms with Crippen molar-refractivity contribution in [1.29, 1.82) is 0 Å². The van der Waals surface area contributed by atoms with Gasteiger partial charge in [0.05, 0.1) is 6.61 Å². The molecule has 64 valence electrons. The number of halogens is 1. The number of aliphatic hydroxyl groups is 2. The van der Waals surface area contributed by atoms with E-state index in [-0.39, 0.29) is 0 Å². The van der Waals surface area contributed by atoms with Crippen LogP contribution in [0.2, 0.25) is 0 Å². The first-order chi connectivity index (χ1) is 5.07. The minimum absolute atomic E-state index is 0.432. The summed E-state index contributed by atoms with van der Waals surface area (Å²) in [7, 11) is 0. The Kier molecular flexibility index (Phi) is 4.40. The number of rotatable bonds is 4. The standard InChI is InChI=1S/C6H9FO4/c1-4(7)6(10)11-3-5(9)2-8/h5,8-9H,1-3H2. The molecule has 0 aromatic heterocycles. The summed E-state index contributed by atoms with van der Waals surface area (Å²) in [5, 5.41) is 16.8. The van der Waals surface area contributed by atoms with E-state index < -0.39 is 31.1 Å². The zero-order chi connectivity index (χ0) is 8.85. The molecule has 0 aliphatic heterocycles. The van der Waals surface area contributed by atoms with Gasteiger partial charge in [-0.1, -0.05) is 6.58 Å². The number of ether oxygens (including phenoxy) is 1. The SMILES string of the molecule is C=C(F)C(=O)OCC(O)CO. The molecule has 5 heteroatoms. The largest absolute Gasteiger partial charge is 0.458 e. The van der Waals surface area contributed by atoms with E-state index in [0.29, 0.717) is 0 Å². The maximum absolute atomic E-state index is 11.8. The molecule has 0 saturated heterocycles. The predicted molar refractivity (Wildman–Crippen MR) is 34.3 cm³/mol. The second-order valence-corrected chi connectivity index (χ2v) is 1.84. The molecule has 1 atom stereocenters. The molecule has 0 fully saturated rings. The first-order valence-electron chi connectivity index (χ1n) is 2.88. The fourth-order valence-electron chi connectivity index (χ4n) is 0.303. The van der Waals surface area contributed by atoms with E-state index in [2.05, 4.69) is 11.3 Å². The van der Waals surface area contributed by atoms with Crippen molar-refractivity contribution in [3.63, 3.8) is 0 Å². The molecule has 0 radical (unpaired) electrons. The summed E-state index contributed by atoms with van der Waals surface area (Å²) < 4.78 is 16.0. The number of esters is 1. The van der Waals surface area contributed by atoms with Gasteiger partial charge in [0.1, 0.15) is 12.7 Å². The van der Waals surface area contributed by atoms with E-state index in [4.69, 9.17) is 10.2 Å². The molecule has 1 unspecified atom stereocenters. The van der Waals surface area contributed by atoms with Crippen molar-refractivity contribution in [2.75, 3.05) is 13.2 Å². The molecule has 11 heavy (non-hydrogen) atoms. The van der Waals surface area contributed by atoms with Crippen LogP contribution in [0, 0.1) is 0 Å². The van der Waals surface area contributed by atoms with Crippen LogP contribution in [0.1, 0.15) is 0 Å². The number of aliphatic hydroxyl groups excluding tert-OH is 2. The first kappa shape index (κ1) is 10.1. The van der Waals surface area contributed by atoms with Crippen LogP contribution in [0.15, 0.2) is 12.4 Å². The van der Waals surface area contributed by atoms with Gasteiger partial charge in [-0.05, 0) is 0 Å². The molecule has 0 amide bonds. The molecule has 0 aromatic carbocycles.